The predicted molar refractivity (Wildman–Crippen MR) is 36.4 cm³/mol. The van der Waals surface area contributed by atoms with Crippen LogP contribution in [-0.2, 0) is 9.53 Å². The molecule has 3 atom stereocenters. The van der Waals surface area contributed by atoms with E-state index in [4.69, 9.17) is 4.74 Å². The molecule has 0 amide bonds. The lowest BCUT2D eigenvalue weighted by Crippen LogP contribution is -2.15. The molecule has 0 N–H and O–H groups in total. The van der Waals surface area contributed by atoms with Crippen LogP contribution in [0.5, 0.6) is 0 Å². The Morgan fingerprint density at radius 3 is 2.70 bits per heavy atom. The summed E-state index contributed by atoms with van der Waals surface area (Å²) in [5.74, 6) is 1.53. The Labute approximate surface area is 60.6 Å². The van der Waals surface area contributed by atoms with Crippen molar-refractivity contribution in [2.75, 3.05) is 0 Å². The van der Waals surface area contributed by atoms with E-state index < -0.39 is 0 Å². The van der Waals surface area contributed by atoms with E-state index in [2.05, 4.69) is 0 Å². The van der Waals surface area contributed by atoms with Gasteiger partial charge in [0.2, 0.25) is 0 Å². The van der Waals surface area contributed by atoms with Gasteiger partial charge in [0.15, 0.2) is 0 Å². The van der Waals surface area contributed by atoms with E-state index >= 15 is 0 Å². The van der Waals surface area contributed by atoms with Gasteiger partial charge < -0.3 is 4.74 Å². The zero-order valence-corrected chi connectivity index (χ0v) is 6.17. The number of fused-ring (bicyclic) bond motifs is 1. The molecule has 2 nitrogen and oxygen atoms in total. The number of hydrogen-bond donors (Lipinski definition) is 0. The first-order chi connectivity index (χ1) is 4.77. The van der Waals surface area contributed by atoms with Crippen LogP contribution in [-0.4, -0.2) is 12.1 Å². The topological polar surface area (TPSA) is 26.3 Å². The van der Waals surface area contributed by atoms with Crippen LogP contribution in [0.25, 0.3) is 0 Å². The number of hydrogen-bond acceptors (Lipinski definition) is 2. The van der Waals surface area contributed by atoms with E-state index in [1.54, 1.807) is 0 Å². The molecule has 2 saturated carbocycles. The average molecular weight is 140 g/mol. The minimum absolute atomic E-state index is 0.113. The maximum Gasteiger partial charge on any atom is 0.302 e. The van der Waals surface area contributed by atoms with Crippen LogP contribution in [0.3, 0.4) is 0 Å². The van der Waals surface area contributed by atoms with Crippen LogP contribution in [0.1, 0.15) is 26.2 Å². The molecule has 2 aliphatic rings. The van der Waals surface area contributed by atoms with Crippen molar-refractivity contribution >= 4 is 5.97 Å². The van der Waals surface area contributed by atoms with E-state index in [9.17, 15) is 4.79 Å². The van der Waals surface area contributed by atoms with Crippen molar-refractivity contribution in [3.63, 3.8) is 0 Å². The van der Waals surface area contributed by atoms with Crippen molar-refractivity contribution in [1.29, 1.82) is 0 Å². The molecule has 0 aliphatic heterocycles. The Morgan fingerprint density at radius 2 is 2.30 bits per heavy atom. The van der Waals surface area contributed by atoms with Crippen molar-refractivity contribution < 1.29 is 9.53 Å². The number of rotatable bonds is 1. The van der Waals surface area contributed by atoms with Crippen LogP contribution in [0.4, 0.5) is 0 Å². The highest BCUT2D eigenvalue weighted by molar-refractivity contribution is 5.66. The van der Waals surface area contributed by atoms with Gasteiger partial charge in [0, 0.05) is 6.92 Å². The van der Waals surface area contributed by atoms with Crippen LogP contribution < -0.4 is 0 Å². The highest BCUT2D eigenvalue weighted by Crippen LogP contribution is 2.52. The van der Waals surface area contributed by atoms with Gasteiger partial charge in [-0.25, -0.2) is 0 Å². The predicted octanol–water partition coefficient (Wildman–Crippen LogP) is 1.35. The van der Waals surface area contributed by atoms with Gasteiger partial charge in [-0.1, -0.05) is 0 Å². The van der Waals surface area contributed by atoms with Crippen molar-refractivity contribution in [1.82, 2.24) is 0 Å². The molecule has 0 aromatic heterocycles. The van der Waals surface area contributed by atoms with Gasteiger partial charge >= 0.3 is 5.97 Å². The molecule has 2 heteroatoms. The van der Waals surface area contributed by atoms with Crippen LogP contribution in [0.2, 0.25) is 0 Å². The number of esters is 1. The smallest absolute Gasteiger partial charge is 0.302 e. The van der Waals surface area contributed by atoms with E-state index in [1.807, 2.05) is 0 Å². The molecule has 0 aromatic rings. The third kappa shape index (κ3) is 0.917. The maximum absolute atomic E-state index is 10.5. The highest BCUT2D eigenvalue weighted by atomic mass is 16.5. The summed E-state index contributed by atoms with van der Waals surface area (Å²) in [6.07, 6.45) is 3.97. The summed E-state index contributed by atoms with van der Waals surface area (Å²) in [7, 11) is 0. The summed E-state index contributed by atoms with van der Waals surface area (Å²) in [6.45, 7) is 1.50. The third-order valence-corrected chi connectivity index (χ3v) is 2.59. The number of ether oxygens (including phenoxy) is 1. The largest absolute Gasteiger partial charge is 0.462 e. The lowest BCUT2D eigenvalue weighted by Gasteiger charge is -2.10. The van der Waals surface area contributed by atoms with Gasteiger partial charge in [-0.05, 0) is 31.1 Å². The number of carbonyl (C=O) groups is 1. The molecule has 2 fully saturated rings. The maximum atomic E-state index is 10.5. The van der Waals surface area contributed by atoms with E-state index in [1.165, 1.54) is 19.8 Å². The quantitative estimate of drug-likeness (QED) is 0.514. The number of carbonyl (C=O) groups excluding carboxylic acids is 1. The van der Waals surface area contributed by atoms with Gasteiger partial charge in [0.05, 0.1) is 0 Å². The first kappa shape index (κ1) is 6.20. The zero-order chi connectivity index (χ0) is 7.14. The Bertz CT molecular complexity index is 165. The normalized spacial score (nSPS) is 42.7. The fourth-order valence-corrected chi connectivity index (χ4v) is 2.01. The Hall–Kier alpha value is -0.530. The fourth-order valence-electron chi connectivity index (χ4n) is 2.01. The summed E-state index contributed by atoms with van der Waals surface area (Å²) in [4.78, 5) is 10.5. The molecular formula is C8H12O2. The minimum atomic E-state index is -0.113. The fraction of sp³-hybridized carbons (Fsp3) is 0.875. The first-order valence-corrected chi connectivity index (χ1v) is 3.94. The lowest BCUT2D eigenvalue weighted by atomic mass is 10.2. The Kier molecular flexibility index (Phi) is 1.22. The summed E-state index contributed by atoms with van der Waals surface area (Å²) in [5, 5.41) is 0. The monoisotopic (exact) mass is 140 g/mol. The summed E-state index contributed by atoms with van der Waals surface area (Å²) < 4.78 is 5.13. The molecule has 2 rings (SSSR count). The van der Waals surface area contributed by atoms with Crippen molar-refractivity contribution in [3.8, 4) is 0 Å². The van der Waals surface area contributed by atoms with Crippen LogP contribution in [0, 0.1) is 11.8 Å². The summed E-state index contributed by atoms with van der Waals surface area (Å²) in [5.41, 5.74) is 0. The van der Waals surface area contributed by atoms with Gasteiger partial charge in [-0.15, -0.1) is 0 Å². The van der Waals surface area contributed by atoms with Crippen LogP contribution in [0.15, 0.2) is 0 Å². The second-order valence-corrected chi connectivity index (χ2v) is 3.38. The lowest BCUT2D eigenvalue weighted by molar-refractivity contribution is -0.146. The SMILES string of the molecule is CC(=O)O[C@@H]1CC[C@@H]2C[C@@H]21. The molecular weight excluding hydrogens is 128 g/mol. The standard InChI is InChI=1S/C8H12O2/c1-5(9)10-8-3-2-6-4-7(6)8/h6-8H,2-4H2,1H3/t6-,7+,8-/m1/s1. The Morgan fingerprint density at radius 1 is 1.50 bits per heavy atom. The molecule has 0 radical (unpaired) electrons. The molecule has 2 aliphatic carbocycles. The highest BCUT2D eigenvalue weighted by Gasteiger charge is 2.49. The van der Waals surface area contributed by atoms with Gasteiger partial charge in [0.1, 0.15) is 6.10 Å². The molecule has 0 aromatic carbocycles. The summed E-state index contributed by atoms with van der Waals surface area (Å²) in [6, 6.07) is 0. The second-order valence-electron chi connectivity index (χ2n) is 3.38. The van der Waals surface area contributed by atoms with E-state index in [0.29, 0.717) is 0 Å². The molecule has 0 bridgehead atoms. The van der Waals surface area contributed by atoms with Crippen molar-refractivity contribution in [3.05, 3.63) is 0 Å². The second kappa shape index (κ2) is 1.97. The zero-order valence-electron chi connectivity index (χ0n) is 6.17. The van der Waals surface area contributed by atoms with E-state index in [0.717, 1.165) is 18.3 Å². The first-order valence-electron chi connectivity index (χ1n) is 3.94. The van der Waals surface area contributed by atoms with Crippen molar-refractivity contribution in [2.45, 2.75) is 32.3 Å². The molecule has 0 heterocycles. The van der Waals surface area contributed by atoms with Crippen molar-refractivity contribution in [2.24, 2.45) is 11.8 Å². The average Bonchev–Trinajstić information content (AvgIpc) is 2.52. The molecule has 56 valence electrons. The molecule has 10 heavy (non-hydrogen) atoms. The third-order valence-electron chi connectivity index (χ3n) is 2.59. The van der Waals surface area contributed by atoms with Gasteiger partial charge in [-0.2, -0.15) is 0 Å². The summed E-state index contributed by atoms with van der Waals surface area (Å²) >= 11 is 0. The minimum Gasteiger partial charge on any atom is -0.462 e. The van der Waals surface area contributed by atoms with Gasteiger partial charge in [-0.3, -0.25) is 4.79 Å². The van der Waals surface area contributed by atoms with Gasteiger partial charge in [0.25, 0.3) is 0 Å². The molecule has 0 saturated heterocycles. The molecule has 0 unspecified atom stereocenters. The Balaban J connectivity index is 1.88. The molecule has 0 spiro atoms. The van der Waals surface area contributed by atoms with E-state index in [-0.39, 0.29) is 12.1 Å². The van der Waals surface area contributed by atoms with Crippen LogP contribution >= 0.6 is 0 Å².